The summed E-state index contributed by atoms with van der Waals surface area (Å²) in [6.45, 7) is 2.01. The van der Waals surface area contributed by atoms with Gasteiger partial charge in [0.05, 0.1) is 36.1 Å². The highest BCUT2D eigenvalue weighted by atomic mass is 35.5. The molecule has 0 unspecified atom stereocenters. The Morgan fingerprint density at radius 1 is 1.17 bits per heavy atom. The summed E-state index contributed by atoms with van der Waals surface area (Å²) in [7, 11) is 1.70. The molecule has 24 heavy (non-hydrogen) atoms. The van der Waals surface area contributed by atoms with Crippen molar-refractivity contribution in [2.75, 3.05) is 25.5 Å². The molecule has 0 bridgehead atoms. The van der Waals surface area contributed by atoms with Crippen LogP contribution in [0, 0.1) is 0 Å². The molecule has 0 aliphatic rings. The first-order chi connectivity index (χ1) is 11.5. The van der Waals surface area contributed by atoms with Gasteiger partial charge in [-0.05, 0) is 38.2 Å². The van der Waals surface area contributed by atoms with Crippen LogP contribution < -0.4 is 10.6 Å². The molecule has 0 radical (unpaired) electrons. The van der Waals surface area contributed by atoms with Gasteiger partial charge in [0, 0.05) is 0 Å². The van der Waals surface area contributed by atoms with Gasteiger partial charge in [0.15, 0.2) is 0 Å². The third-order valence-electron chi connectivity index (χ3n) is 3.32. The third-order valence-corrected chi connectivity index (χ3v) is 3.65. The second kappa shape index (κ2) is 8.52. The summed E-state index contributed by atoms with van der Waals surface area (Å²) in [5.41, 5.74) is 0.549. The van der Waals surface area contributed by atoms with Gasteiger partial charge >= 0.3 is 0 Å². The van der Waals surface area contributed by atoms with Crippen LogP contribution in [-0.2, 0) is 9.59 Å². The fourth-order valence-corrected chi connectivity index (χ4v) is 2.38. The zero-order chi connectivity index (χ0) is 17.5. The molecule has 0 fully saturated rings. The van der Waals surface area contributed by atoms with Gasteiger partial charge in [0.2, 0.25) is 11.8 Å². The van der Waals surface area contributed by atoms with Crippen LogP contribution in [0.5, 0.6) is 0 Å². The van der Waals surface area contributed by atoms with Crippen molar-refractivity contribution in [1.82, 2.24) is 10.2 Å². The average Bonchev–Trinajstić information content (AvgIpc) is 3.03. The molecule has 2 amide bonds. The Hall–Kier alpha value is -2.31. The number of anilines is 1. The summed E-state index contributed by atoms with van der Waals surface area (Å²) in [6.07, 6.45) is 1.56. The number of nitrogens with one attached hydrogen (secondary N) is 2. The molecule has 1 atom stereocenters. The van der Waals surface area contributed by atoms with Gasteiger partial charge in [0.1, 0.15) is 5.76 Å². The van der Waals surface area contributed by atoms with Gasteiger partial charge in [-0.3, -0.25) is 14.5 Å². The van der Waals surface area contributed by atoms with Crippen LogP contribution in [0.4, 0.5) is 5.69 Å². The largest absolute Gasteiger partial charge is 0.467 e. The van der Waals surface area contributed by atoms with Crippen LogP contribution >= 0.6 is 11.6 Å². The Balaban J connectivity index is 1.77. The number of likely N-dealkylation sites (N-methyl/N-ethyl adjacent to an activating group) is 1. The molecule has 7 heteroatoms. The lowest BCUT2D eigenvalue weighted by Gasteiger charge is -2.18. The fraction of sp³-hybridized carbons (Fsp3) is 0.294. The maximum absolute atomic E-state index is 12.0. The van der Waals surface area contributed by atoms with Crippen molar-refractivity contribution < 1.29 is 14.0 Å². The summed E-state index contributed by atoms with van der Waals surface area (Å²) in [4.78, 5) is 25.6. The van der Waals surface area contributed by atoms with E-state index in [2.05, 4.69) is 10.6 Å². The average molecular weight is 350 g/mol. The number of halogens is 1. The summed E-state index contributed by atoms with van der Waals surface area (Å²) in [6, 6.07) is 10.3. The van der Waals surface area contributed by atoms with E-state index in [4.69, 9.17) is 16.0 Å². The molecule has 2 aromatic rings. The Morgan fingerprint density at radius 2 is 1.88 bits per heavy atom. The van der Waals surface area contributed by atoms with Crippen LogP contribution in [0.25, 0.3) is 0 Å². The zero-order valence-electron chi connectivity index (χ0n) is 13.6. The first-order valence-electron chi connectivity index (χ1n) is 7.51. The topological polar surface area (TPSA) is 74.6 Å². The lowest BCUT2D eigenvalue weighted by atomic mass is 10.2. The van der Waals surface area contributed by atoms with E-state index in [0.717, 1.165) is 0 Å². The summed E-state index contributed by atoms with van der Waals surface area (Å²) in [5, 5.41) is 6.01. The molecule has 6 nitrogen and oxygen atoms in total. The van der Waals surface area contributed by atoms with E-state index in [1.807, 2.05) is 6.92 Å². The molecule has 0 spiro atoms. The molecule has 2 N–H and O–H groups in total. The molecule has 0 saturated heterocycles. The third kappa shape index (κ3) is 5.40. The van der Waals surface area contributed by atoms with Gasteiger partial charge in [-0.15, -0.1) is 0 Å². The smallest absolute Gasteiger partial charge is 0.238 e. The molecule has 0 aliphatic carbocycles. The van der Waals surface area contributed by atoms with E-state index in [1.165, 1.54) is 0 Å². The van der Waals surface area contributed by atoms with E-state index in [9.17, 15) is 9.59 Å². The Kier molecular flexibility index (Phi) is 6.40. The second-order valence-corrected chi connectivity index (χ2v) is 5.91. The minimum absolute atomic E-state index is 0.0772. The highest BCUT2D eigenvalue weighted by Crippen LogP contribution is 2.20. The number of rotatable bonds is 7. The van der Waals surface area contributed by atoms with Gasteiger partial charge in [-0.25, -0.2) is 0 Å². The summed E-state index contributed by atoms with van der Waals surface area (Å²) in [5.74, 6) is 0.256. The highest BCUT2D eigenvalue weighted by molar-refractivity contribution is 6.33. The Morgan fingerprint density at radius 3 is 2.54 bits per heavy atom. The molecule has 1 aromatic heterocycles. The minimum Gasteiger partial charge on any atom is -0.467 e. The van der Waals surface area contributed by atoms with Crippen molar-refractivity contribution in [2.24, 2.45) is 0 Å². The van der Waals surface area contributed by atoms with Crippen molar-refractivity contribution in [2.45, 2.75) is 13.0 Å². The lowest BCUT2D eigenvalue weighted by molar-refractivity contribution is -0.123. The Labute approximate surface area is 145 Å². The van der Waals surface area contributed by atoms with Crippen LogP contribution in [-0.4, -0.2) is 36.9 Å². The standard InChI is InChI=1S/C17H20ClN3O3/c1-12(15-8-5-9-24-15)19-16(22)10-21(2)11-17(23)20-14-7-4-3-6-13(14)18/h3-9,12H,10-11H2,1-2H3,(H,19,22)(H,20,23)/t12-/m1/s1. The zero-order valence-corrected chi connectivity index (χ0v) is 14.3. The number of carbonyl (C=O) groups excluding carboxylic acids is 2. The molecule has 1 aromatic carbocycles. The number of carbonyl (C=O) groups is 2. The van der Waals surface area contributed by atoms with E-state index in [1.54, 1.807) is 54.6 Å². The van der Waals surface area contributed by atoms with Crippen molar-refractivity contribution in [3.05, 3.63) is 53.4 Å². The van der Waals surface area contributed by atoms with Gasteiger partial charge < -0.3 is 15.1 Å². The first kappa shape index (κ1) is 18.0. The van der Waals surface area contributed by atoms with Crippen molar-refractivity contribution in [1.29, 1.82) is 0 Å². The van der Waals surface area contributed by atoms with E-state index in [0.29, 0.717) is 16.5 Å². The predicted molar refractivity (Wildman–Crippen MR) is 92.8 cm³/mol. The maximum Gasteiger partial charge on any atom is 0.238 e. The Bertz CT molecular complexity index is 688. The van der Waals surface area contributed by atoms with E-state index < -0.39 is 0 Å². The van der Waals surface area contributed by atoms with Gasteiger partial charge in [0.25, 0.3) is 0 Å². The second-order valence-electron chi connectivity index (χ2n) is 5.50. The number of hydrogen-bond donors (Lipinski definition) is 2. The quantitative estimate of drug-likeness (QED) is 0.806. The van der Waals surface area contributed by atoms with Gasteiger partial charge in [-0.1, -0.05) is 23.7 Å². The molecular weight excluding hydrogens is 330 g/mol. The van der Waals surface area contributed by atoms with Crippen LogP contribution in [0.1, 0.15) is 18.7 Å². The molecule has 2 rings (SSSR count). The number of hydrogen-bond acceptors (Lipinski definition) is 4. The molecule has 1 heterocycles. The number of benzene rings is 1. The first-order valence-corrected chi connectivity index (χ1v) is 7.89. The number of furan rings is 1. The number of para-hydroxylation sites is 1. The van der Waals surface area contributed by atoms with Crippen molar-refractivity contribution in [3.63, 3.8) is 0 Å². The van der Waals surface area contributed by atoms with Crippen molar-refractivity contribution in [3.8, 4) is 0 Å². The molecule has 0 saturated carbocycles. The monoisotopic (exact) mass is 349 g/mol. The van der Waals surface area contributed by atoms with E-state index in [-0.39, 0.29) is 30.9 Å². The minimum atomic E-state index is -0.238. The van der Waals surface area contributed by atoms with E-state index >= 15 is 0 Å². The normalized spacial score (nSPS) is 12.0. The fourth-order valence-electron chi connectivity index (χ4n) is 2.19. The molecule has 128 valence electrons. The lowest BCUT2D eigenvalue weighted by Crippen LogP contribution is -2.39. The highest BCUT2D eigenvalue weighted by Gasteiger charge is 2.15. The number of amides is 2. The number of nitrogens with zero attached hydrogens (tertiary/aromatic N) is 1. The maximum atomic E-state index is 12.0. The predicted octanol–water partition coefficient (Wildman–Crippen LogP) is 2.68. The molecule has 0 aliphatic heterocycles. The van der Waals surface area contributed by atoms with Crippen LogP contribution in [0.2, 0.25) is 5.02 Å². The SMILES string of the molecule is C[C@@H](NC(=O)CN(C)CC(=O)Nc1ccccc1Cl)c1ccco1. The summed E-state index contributed by atoms with van der Waals surface area (Å²) >= 11 is 5.99. The van der Waals surface area contributed by atoms with Crippen molar-refractivity contribution >= 4 is 29.1 Å². The van der Waals surface area contributed by atoms with Crippen LogP contribution in [0.15, 0.2) is 47.1 Å². The van der Waals surface area contributed by atoms with Crippen LogP contribution in [0.3, 0.4) is 0 Å². The summed E-state index contributed by atoms with van der Waals surface area (Å²) < 4.78 is 5.24. The van der Waals surface area contributed by atoms with Gasteiger partial charge in [-0.2, -0.15) is 0 Å². The molecular formula is C17H20ClN3O3.